The molecular formula is C15H25ClN2O2S. The minimum atomic E-state index is -3.59. The summed E-state index contributed by atoms with van der Waals surface area (Å²) in [6.45, 7) is 4.48. The van der Waals surface area contributed by atoms with Gasteiger partial charge in [0, 0.05) is 12.6 Å². The second-order valence-electron chi connectivity index (χ2n) is 5.22. The van der Waals surface area contributed by atoms with E-state index in [2.05, 4.69) is 18.6 Å². The lowest BCUT2D eigenvalue weighted by atomic mass is 10.1. The van der Waals surface area contributed by atoms with Crippen LogP contribution in [0.3, 0.4) is 0 Å². The zero-order chi connectivity index (χ0) is 15.9. The summed E-state index contributed by atoms with van der Waals surface area (Å²) in [4.78, 5) is 0.124. The van der Waals surface area contributed by atoms with Gasteiger partial charge in [0.2, 0.25) is 10.0 Å². The number of nitrogens with two attached hydrogens (primary N) is 1. The Kier molecular flexibility index (Phi) is 7.66. The van der Waals surface area contributed by atoms with Gasteiger partial charge in [-0.1, -0.05) is 50.8 Å². The Morgan fingerprint density at radius 2 is 1.95 bits per heavy atom. The number of hydrogen-bond donors (Lipinski definition) is 2. The van der Waals surface area contributed by atoms with Crippen molar-refractivity contribution in [1.29, 1.82) is 0 Å². The minimum Gasteiger partial charge on any atom is -0.326 e. The van der Waals surface area contributed by atoms with Crippen molar-refractivity contribution < 1.29 is 8.42 Å². The third-order valence-corrected chi connectivity index (χ3v) is 5.39. The maximum absolute atomic E-state index is 12.5. The van der Waals surface area contributed by atoms with Crippen molar-refractivity contribution in [2.45, 2.75) is 63.4 Å². The number of halogens is 1. The fourth-order valence-corrected chi connectivity index (χ4v) is 4.11. The Hall–Kier alpha value is -0.620. The number of nitrogens with one attached hydrogen (secondary N) is 1. The number of sulfonamides is 1. The Balaban J connectivity index is 2.93. The van der Waals surface area contributed by atoms with Gasteiger partial charge in [-0.25, -0.2) is 13.1 Å². The van der Waals surface area contributed by atoms with E-state index in [4.69, 9.17) is 17.3 Å². The second-order valence-corrected chi connectivity index (χ2v) is 7.31. The first-order valence-corrected chi connectivity index (χ1v) is 9.31. The van der Waals surface area contributed by atoms with Gasteiger partial charge >= 0.3 is 0 Å². The minimum absolute atomic E-state index is 0.0369. The largest absolute Gasteiger partial charge is 0.326 e. The summed E-state index contributed by atoms with van der Waals surface area (Å²) < 4.78 is 27.7. The van der Waals surface area contributed by atoms with E-state index in [-0.39, 0.29) is 16.0 Å². The molecule has 0 aromatic heterocycles. The molecule has 1 aromatic rings. The summed E-state index contributed by atoms with van der Waals surface area (Å²) in [6.07, 6.45) is 4.68. The second kappa shape index (κ2) is 8.73. The smallest absolute Gasteiger partial charge is 0.242 e. The summed E-state index contributed by atoms with van der Waals surface area (Å²) in [7, 11) is -3.59. The molecule has 1 rings (SSSR count). The molecule has 1 aromatic carbocycles. The maximum Gasteiger partial charge on any atom is 0.242 e. The molecule has 21 heavy (non-hydrogen) atoms. The Bertz CT molecular complexity index is 547. The molecule has 0 aliphatic heterocycles. The van der Waals surface area contributed by atoms with E-state index in [1.54, 1.807) is 12.1 Å². The Labute approximate surface area is 133 Å². The molecule has 0 aliphatic rings. The van der Waals surface area contributed by atoms with Gasteiger partial charge in [0.25, 0.3) is 0 Å². The van der Waals surface area contributed by atoms with Gasteiger partial charge in [0.1, 0.15) is 4.90 Å². The standard InChI is InChI=1S/C15H25ClN2O2S/c1-3-5-7-13(6-4-2)18-21(19,20)15-9-8-12(11-17)10-14(15)16/h8-10,13,18H,3-7,11,17H2,1-2H3. The van der Waals surface area contributed by atoms with Crippen LogP contribution in [0.2, 0.25) is 5.02 Å². The molecule has 0 heterocycles. The highest BCUT2D eigenvalue weighted by atomic mass is 35.5. The molecule has 1 atom stereocenters. The van der Waals surface area contributed by atoms with Crippen LogP contribution in [-0.4, -0.2) is 14.5 Å². The van der Waals surface area contributed by atoms with Gasteiger partial charge < -0.3 is 5.73 Å². The summed E-state index contributed by atoms with van der Waals surface area (Å²) in [5.74, 6) is 0. The number of unbranched alkanes of at least 4 members (excludes halogenated alkanes) is 1. The summed E-state index contributed by atoms with van der Waals surface area (Å²) in [5.41, 5.74) is 6.34. The van der Waals surface area contributed by atoms with Crippen LogP contribution in [0.4, 0.5) is 0 Å². The molecule has 4 nitrogen and oxygen atoms in total. The zero-order valence-electron chi connectivity index (χ0n) is 12.7. The SMILES string of the molecule is CCCCC(CCC)NS(=O)(=O)c1ccc(CN)cc1Cl. The van der Waals surface area contributed by atoms with E-state index in [0.29, 0.717) is 6.54 Å². The highest BCUT2D eigenvalue weighted by Gasteiger charge is 2.22. The average molecular weight is 333 g/mol. The predicted molar refractivity (Wildman–Crippen MR) is 87.9 cm³/mol. The molecule has 0 aliphatic carbocycles. The molecule has 0 saturated carbocycles. The lowest BCUT2D eigenvalue weighted by molar-refractivity contribution is 0.483. The third kappa shape index (κ3) is 5.58. The normalized spacial score (nSPS) is 13.3. The van der Waals surface area contributed by atoms with Gasteiger partial charge in [-0.3, -0.25) is 0 Å². The lowest BCUT2D eigenvalue weighted by Gasteiger charge is -2.18. The number of rotatable bonds is 9. The molecule has 1 unspecified atom stereocenters. The van der Waals surface area contributed by atoms with Crippen LogP contribution >= 0.6 is 11.6 Å². The molecule has 6 heteroatoms. The molecule has 0 amide bonds. The van der Waals surface area contributed by atoms with Crippen molar-refractivity contribution in [1.82, 2.24) is 4.72 Å². The van der Waals surface area contributed by atoms with Crippen LogP contribution in [0.1, 0.15) is 51.5 Å². The van der Waals surface area contributed by atoms with Crippen molar-refractivity contribution in [3.63, 3.8) is 0 Å². The topological polar surface area (TPSA) is 72.2 Å². The Morgan fingerprint density at radius 3 is 2.48 bits per heavy atom. The van der Waals surface area contributed by atoms with E-state index < -0.39 is 10.0 Å². The quantitative estimate of drug-likeness (QED) is 0.727. The van der Waals surface area contributed by atoms with E-state index in [1.807, 2.05) is 0 Å². The monoisotopic (exact) mass is 332 g/mol. The van der Waals surface area contributed by atoms with Crippen LogP contribution in [0.25, 0.3) is 0 Å². The average Bonchev–Trinajstić information content (AvgIpc) is 2.44. The van der Waals surface area contributed by atoms with E-state index >= 15 is 0 Å². The van der Waals surface area contributed by atoms with Crippen LogP contribution in [0.15, 0.2) is 23.1 Å². The molecule has 120 valence electrons. The maximum atomic E-state index is 12.5. The van der Waals surface area contributed by atoms with Crippen LogP contribution < -0.4 is 10.5 Å². The van der Waals surface area contributed by atoms with Crippen molar-refractivity contribution in [2.24, 2.45) is 5.73 Å². The Morgan fingerprint density at radius 1 is 1.24 bits per heavy atom. The van der Waals surface area contributed by atoms with Gasteiger partial charge in [0.05, 0.1) is 5.02 Å². The fourth-order valence-electron chi connectivity index (χ4n) is 2.23. The van der Waals surface area contributed by atoms with Crippen LogP contribution in [0, 0.1) is 0 Å². The fraction of sp³-hybridized carbons (Fsp3) is 0.600. The summed E-state index contributed by atoms with van der Waals surface area (Å²) in [6, 6.07) is 4.79. The molecule has 0 fully saturated rings. The first kappa shape index (κ1) is 18.4. The molecule has 0 spiro atoms. The lowest BCUT2D eigenvalue weighted by Crippen LogP contribution is -2.35. The van der Waals surface area contributed by atoms with Crippen molar-refractivity contribution in [3.05, 3.63) is 28.8 Å². The van der Waals surface area contributed by atoms with E-state index in [1.165, 1.54) is 6.07 Å². The van der Waals surface area contributed by atoms with Crippen molar-refractivity contribution in [2.75, 3.05) is 0 Å². The number of benzene rings is 1. The van der Waals surface area contributed by atoms with Crippen LogP contribution in [0.5, 0.6) is 0 Å². The molecule has 0 bridgehead atoms. The molecule has 0 saturated heterocycles. The predicted octanol–water partition coefficient (Wildman–Crippen LogP) is 3.44. The third-order valence-electron chi connectivity index (χ3n) is 3.39. The van der Waals surface area contributed by atoms with Gasteiger partial charge in [-0.05, 0) is 30.5 Å². The number of hydrogen-bond acceptors (Lipinski definition) is 3. The zero-order valence-corrected chi connectivity index (χ0v) is 14.3. The highest BCUT2D eigenvalue weighted by molar-refractivity contribution is 7.89. The van der Waals surface area contributed by atoms with E-state index in [0.717, 1.165) is 37.7 Å². The highest BCUT2D eigenvalue weighted by Crippen LogP contribution is 2.23. The first-order chi connectivity index (χ1) is 9.94. The summed E-state index contributed by atoms with van der Waals surface area (Å²) in [5, 5.41) is 0.219. The van der Waals surface area contributed by atoms with Crippen molar-refractivity contribution in [3.8, 4) is 0 Å². The summed E-state index contributed by atoms with van der Waals surface area (Å²) >= 11 is 6.08. The van der Waals surface area contributed by atoms with E-state index in [9.17, 15) is 8.42 Å². The molecule has 0 radical (unpaired) electrons. The van der Waals surface area contributed by atoms with Crippen LogP contribution in [-0.2, 0) is 16.6 Å². The van der Waals surface area contributed by atoms with Crippen molar-refractivity contribution >= 4 is 21.6 Å². The molecular weight excluding hydrogens is 308 g/mol. The van der Waals surface area contributed by atoms with Gasteiger partial charge in [-0.15, -0.1) is 0 Å². The van der Waals surface area contributed by atoms with Gasteiger partial charge in [0.15, 0.2) is 0 Å². The first-order valence-electron chi connectivity index (χ1n) is 7.45. The molecule has 3 N–H and O–H groups in total. The van der Waals surface area contributed by atoms with Gasteiger partial charge in [-0.2, -0.15) is 0 Å².